The Bertz CT molecular complexity index is 595. The van der Waals surface area contributed by atoms with Gasteiger partial charge in [0.15, 0.2) is 0 Å². The van der Waals surface area contributed by atoms with E-state index in [-0.39, 0.29) is 12.6 Å². The lowest BCUT2D eigenvalue weighted by molar-refractivity contribution is -0.0866. The smallest absolute Gasteiger partial charge is 0.412 e. The lowest BCUT2D eigenvalue weighted by atomic mass is 10.0. The second kappa shape index (κ2) is 6.69. The molecule has 6 heteroatoms. The van der Waals surface area contributed by atoms with Gasteiger partial charge in [-0.3, -0.25) is 9.88 Å². The Morgan fingerprint density at radius 3 is 2.67 bits per heavy atom. The van der Waals surface area contributed by atoms with Gasteiger partial charge in [0.1, 0.15) is 17.4 Å². The molecule has 1 N–H and O–H groups in total. The van der Waals surface area contributed by atoms with Crippen molar-refractivity contribution in [1.29, 1.82) is 0 Å². The number of hydrogen-bond acceptors (Lipinski definition) is 5. The summed E-state index contributed by atoms with van der Waals surface area (Å²) in [7, 11) is 0. The molecular weight excluding hydrogens is 308 g/mol. The van der Waals surface area contributed by atoms with Crippen molar-refractivity contribution in [1.82, 2.24) is 9.88 Å². The lowest BCUT2D eigenvalue weighted by Crippen LogP contribution is -2.51. The number of carbonyl (C=O) groups is 1. The van der Waals surface area contributed by atoms with E-state index in [1.165, 1.54) is 0 Å². The fraction of sp³-hybridized carbons (Fsp3) is 0.667. The van der Waals surface area contributed by atoms with Gasteiger partial charge >= 0.3 is 6.09 Å². The molecule has 0 aromatic carbocycles. The molecule has 0 bridgehead atoms. The van der Waals surface area contributed by atoms with Crippen molar-refractivity contribution in [2.45, 2.75) is 71.4 Å². The SMILES string of the molecule is Cc1cc(C[C@H]2[C@@H](CO)OC(C)(C)N2C(=O)OC(C)(C)C)ccn1. The number of rotatable bonds is 3. The third-order valence-electron chi connectivity index (χ3n) is 3.96. The zero-order valence-corrected chi connectivity index (χ0v) is 15.4. The van der Waals surface area contributed by atoms with Crippen LogP contribution in [0.1, 0.15) is 45.9 Å². The van der Waals surface area contributed by atoms with Crippen LogP contribution in [0.25, 0.3) is 0 Å². The summed E-state index contributed by atoms with van der Waals surface area (Å²) in [4.78, 5) is 18.5. The highest BCUT2D eigenvalue weighted by molar-refractivity contribution is 5.70. The summed E-state index contributed by atoms with van der Waals surface area (Å²) in [5.74, 6) is 0. The molecule has 134 valence electrons. The Hall–Kier alpha value is -1.66. The van der Waals surface area contributed by atoms with Crippen LogP contribution in [0.5, 0.6) is 0 Å². The minimum absolute atomic E-state index is 0.155. The minimum Gasteiger partial charge on any atom is -0.444 e. The predicted octanol–water partition coefficient (Wildman–Crippen LogP) is 2.67. The zero-order valence-electron chi connectivity index (χ0n) is 15.4. The lowest BCUT2D eigenvalue weighted by Gasteiger charge is -2.35. The van der Waals surface area contributed by atoms with Crippen LogP contribution in [-0.2, 0) is 15.9 Å². The standard InChI is InChI=1S/C18H28N2O4/c1-12-9-13(7-8-19-12)10-14-15(11-21)23-18(5,6)20(14)16(22)24-17(2,3)4/h7-9,14-15,21H,10-11H2,1-6H3/t14-,15+/m0/s1. The maximum atomic E-state index is 12.7. The number of aryl methyl sites for hydroxylation is 1. The molecule has 2 rings (SSSR count). The van der Waals surface area contributed by atoms with E-state index in [1.807, 2.05) is 53.7 Å². The first-order chi connectivity index (χ1) is 11.0. The van der Waals surface area contributed by atoms with Gasteiger partial charge in [0, 0.05) is 11.9 Å². The van der Waals surface area contributed by atoms with Crippen molar-refractivity contribution < 1.29 is 19.4 Å². The van der Waals surface area contributed by atoms with Crippen LogP contribution < -0.4 is 0 Å². The molecule has 0 unspecified atom stereocenters. The molecule has 1 fully saturated rings. The molecule has 0 saturated carbocycles. The van der Waals surface area contributed by atoms with E-state index in [0.717, 1.165) is 11.3 Å². The van der Waals surface area contributed by atoms with Gasteiger partial charge in [-0.1, -0.05) is 0 Å². The van der Waals surface area contributed by atoms with E-state index in [1.54, 1.807) is 11.1 Å². The molecular formula is C18H28N2O4. The predicted molar refractivity (Wildman–Crippen MR) is 90.6 cm³/mol. The Morgan fingerprint density at radius 2 is 2.12 bits per heavy atom. The second-order valence-corrected chi connectivity index (χ2v) is 7.71. The van der Waals surface area contributed by atoms with Gasteiger partial charge in [-0.2, -0.15) is 0 Å². The molecule has 0 aliphatic carbocycles. The normalized spacial score (nSPS) is 23.4. The molecule has 1 amide bonds. The van der Waals surface area contributed by atoms with Crippen LogP contribution in [0.3, 0.4) is 0 Å². The van der Waals surface area contributed by atoms with Gasteiger partial charge < -0.3 is 14.6 Å². The van der Waals surface area contributed by atoms with Crippen molar-refractivity contribution in [2.75, 3.05) is 6.61 Å². The number of pyridine rings is 1. The fourth-order valence-corrected chi connectivity index (χ4v) is 3.09. The van der Waals surface area contributed by atoms with Crippen LogP contribution in [0, 0.1) is 6.92 Å². The van der Waals surface area contributed by atoms with E-state index < -0.39 is 23.5 Å². The molecule has 1 aliphatic rings. The highest BCUT2D eigenvalue weighted by Gasteiger charge is 2.50. The molecule has 1 aromatic heterocycles. The molecule has 1 aliphatic heterocycles. The zero-order chi connectivity index (χ0) is 18.1. The number of amides is 1. The van der Waals surface area contributed by atoms with Gasteiger partial charge in [-0.15, -0.1) is 0 Å². The number of hydrogen-bond donors (Lipinski definition) is 1. The summed E-state index contributed by atoms with van der Waals surface area (Å²) in [6, 6.07) is 3.59. The minimum atomic E-state index is -0.845. The van der Waals surface area contributed by atoms with E-state index in [0.29, 0.717) is 6.42 Å². The van der Waals surface area contributed by atoms with Crippen LogP contribution in [0.2, 0.25) is 0 Å². The average Bonchev–Trinajstić information content (AvgIpc) is 2.67. The summed E-state index contributed by atoms with van der Waals surface area (Å²) < 4.78 is 11.5. The maximum absolute atomic E-state index is 12.7. The van der Waals surface area contributed by atoms with E-state index in [9.17, 15) is 9.90 Å². The summed E-state index contributed by atoms with van der Waals surface area (Å²) in [5, 5.41) is 9.72. The van der Waals surface area contributed by atoms with E-state index >= 15 is 0 Å². The largest absolute Gasteiger partial charge is 0.444 e. The molecule has 6 nitrogen and oxygen atoms in total. The Labute approximate surface area is 143 Å². The van der Waals surface area contributed by atoms with Crippen LogP contribution in [0.15, 0.2) is 18.3 Å². The van der Waals surface area contributed by atoms with E-state index in [4.69, 9.17) is 9.47 Å². The number of aliphatic hydroxyl groups excluding tert-OH is 1. The Balaban J connectivity index is 2.30. The maximum Gasteiger partial charge on any atom is 0.412 e. The molecule has 0 spiro atoms. The number of aromatic nitrogens is 1. The van der Waals surface area contributed by atoms with Crippen molar-refractivity contribution >= 4 is 6.09 Å². The first-order valence-electron chi connectivity index (χ1n) is 8.26. The Kier molecular flexibility index (Phi) is 5.20. The van der Waals surface area contributed by atoms with Gasteiger partial charge in [-0.25, -0.2) is 4.79 Å². The third-order valence-corrected chi connectivity index (χ3v) is 3.96. The van der Waals surface area contributed by atoms with Gasteiger partial charge in [0.05, 0.1) is 12.6 Å². The first-order valence-corrected chi connectivity index (χ1v) is 8.26. The molecule has 1 aromatic rings. The van der Waals surface area contributed by atoms with Crippen LogP contribution in [-0.4, -0.2) is 51.2 Å². The highest BCUT2D eigenvalue weighted by Crippen LogP contribution is 2.35. The fourth-order valence-electron chi connectivity index (χ4n) is 3.09. The highest BCUT2D eigenvalue weighted by atomic mass is 16.6. The van der Waals surface area contributed by atoms with E-state index in [2.05, 4.69) is 4.98 Å². The first kappa shape index (κ1) is 18.7. The van der Waals surface area contributed by atoms with Gasteiger partial charge in [-0.05, 0) is 65.7 Å². The van der Waals surface area contributed by atoms with Crippen molar-refractivity contribution in [3.63, 3.8) is 0 Å². The average molecular weight is 336 g/mol. The third kappa shape index (κ3) is 4.24. The van der Waals surface area contributed by atoms with Crippen molar-refractivity contribution in [3.8, 4) is 0 Å². The van der Waals surface area contributed by atoms with Crippen molar-refractivity contribution in [2.24, 2.45) is 0 Å². The van der Waals surface area contributed by atoms with Crippen LogP contribution in [0.4, 0.5) is 4.79 Å². The molecule has 0 radical (unpaired) electrons. The molecule has 2 heterocycles. The van der Waals surface area contributed by atoms with Crippen molar-refractivity contribution in [3.05, 3.63) is 29.6 Å². The molecule has 1 saturated heterocycles. The molecule has 24 heavy (non-hydrogen) atoms. The number of ether oxygens (including phenoxy) is 2. The summed E-state index contributed by atoms with van der Waals surface area (Å²) in [6.07, 6.45) is 1.43. The number of nitrogens with zero attached hydrogens (tertiary/aromatic N) is 2. The van der Waals surface area contributed by atoms with Gasteiger partial charge in [0.2, 0.25) is 0 Å². The number of aliphatic hydroxyl groups is 1. The van der Waals surface area contributed by atoms with Gasteiger partial charge in [0.25, 0.3) is 0 Å². The number of carbonyl (C=O) groups excluding carboxylic acids is 1. The molecule has 2 atom stereocenters. The Morgan fingerprint density at radius 1 is 1.46 bits per heavy atom. The summed E-state index contributed by atoms with van der Waals surface area (Å²) in [5.41, 5.74) is 0.515. The van der Waals surface area contributed by atoms with Crippen LogP contribution >= 0.6 is 0 Å². The monoisotopic (exact) mass is 336 g/mol. The summed E-state index contributed by atoms with van der Waals surface area (Å²) >= 11 is 0. The quantitative estimate of drug-likeness (QED) is 0.919. The second-order valence-electron chi connectivity index (χ2n) is 7.71. The summed E-state index contributed by atoms with van der Waals surface area (Å²) in [6.45, 7) is 10.9. The topological polar surface area (TPSA) is 71.9 Å².